The lowest BCUT2D eigenvalue weighted by Crippen LogP contribution is -2.55. The molecular weight excluding hydrogens is 436 g/mol. The number of benzene rings is 2. The lowest BCUT2D eigenvalue weighted by Gasteiger charge is -2.38. The topological polar surface area (TPSA) is 105 Å². The molecule has 1 heterocycles. The van der Waals surface area contributed by atoms with Crippen LogP contribution in [-0.2, 0) is 19.1 Å². The molecule has 1 fully saturated rings. The van der Waals surface area contributed by atoms with E-state index in [2.05, 4.69) is 17.4 Å². The summed E-state index contributed by atoms with van der Waals surface area (Å²) in [5, 5.41) is 11.9. The number of amides is 2. The Hall–Kier alpha value is -3.39. The van der Waals surface area contributed by atoms with Crippen LogP contribution in [0.25, 0.3) is 11.1 Å². The van der Waals surface area contributed by atoms with Gasteiger partial charge >= 0.3 is 12.1 Å². The third-order valence-corrected chi connectivity index (χ3v) is 6.78. The van der Waals surface area contributed by atoms with Crippen LogP contribution in [-0.4, -0.2) is 66.9 Å². The number of piperidine rings is 1. The second-order valence-corrected chi connectivity index (χ2v) is 8.92. The van der Waals surface area contributed by atoms with E-state index < -0.39 is 24.0 Å². The molecule has 0 spiro atoms. The van der Waals surface area contributed by atoms with E-state index in [-0.39, 0.29) is 31.1 Å². The van der Waals surface area contributed by atoms with Crippen LogP contribution in [0.15, 0.2) is 48.5 Å². The predicted octanol–water partition coefficient (Wildman–Crippen LogP) is 3.25. The minimum absolute atomic E-state index is 0.00535. The number of nitrogens with one attached hydrogen (secondary N) is 1. The molecule has 1 saturated heterocycles. The number of methoxy groups -OCH3 is 1. The van der Waals surface area contributed by atoms with Crippen LogP contribution in [0.3, 0.4) is 0 Å². The number of carbonyl (C=O) groups excluding carboxylic acids is 2. The number of aliphatic carboxylic acids is 1. The van der Waals surface area contributed by atoms with Crippen molar-refractivity contribution in [3.05, 3.63) is 59.7 Å². The molecule has 2 unspecified atom stereocenters. The molecule has 180 valence electrons. The second-order valence-electron chi connectivity index (χ2n) is 8.92. The van der Waals surface area contributed by atoms with Crippen molar-refractivity contribution in [1.29, 1.82) is 0 Å². The minimum Gasteiger partial charge on any atom is -0.481 e. The van der Waals surface area contributed by atoms with Crippen molar-refractivity contribution in [2.45, 2.75) is 37.8 Å². The van der Waals surface area contributed by atoms with Gasteiger partial charge < -0.3 is 24.8 Å². The lowest BCUT2D eigenvalue weighted by molar-refractivity contribution is -0.148. The number of hydrogen-bond donors (Lipinski definition) is 2. The smallest absolute Gasteiger partial charge is 0.407 e. The van der Waals surface area contributed by atoms with Crippen molar-refractivity contribution in [2.75, 3.05) is 26.9 Å². The molecular formula is C26H30N2O6. The van der Waals surface area contributed by atoms with Crippen LogP contribution in [0.5, 0.6) is 0 Å². The Bertz CT molecular complexity index is 1030. The standard InChI is InChI=1S/C26H30N2O6/c1-16-13-17(25(30)31)11-12-28(16)24(29)23(15-33-2)27-26(32)34-14-22-20-9-5-3-7-18(20)19-8-4-6-10-21(19)22/h3-10,16-17,22-23H,11-15H2,1-2H3,(H,27,32)(H,30,31)/t16?,17?,23-/m0/s1. The molecule has 2 aromatic rings. The first-order valence-corrected chi connectivity index (χ1v) is 11.5. The third-order valence-electron chi connectivity index (χ3n) is 6.78. The first-order valence-electron chi connectivity index (χ1n) is 11.5. The van der Waals surface area contributed by atoms with Crippen molar-refractivity contribution in [3.8, 4) is 11.1 Å². The van der Waals surface area contributed by atoms with E-state index in [0.717, 1.165) is 22.3 Å². The number of carbonyl (C=O) groups is 3. The van der Waals surface area contributed by atoms with Gasteiger partial charge in [-0.2, -0.15) is 0 Å². The van der Waals surface area contributed by atoms with Crippen molar-refractivity contribution in [3.63, 3.8) is 0 Å². The highest BCUT2D eigenvalue weighted by atomic mass is 16.5. The first-order chi connectivity index (χ1) is 16.4. The van der Waals surface area contributed by atoms with Crippen molar-refractivity contribution >= 4 is 18.0 Å². The molecule has 8 nitrogen and oxygen atoms in total. The predicted molar refractivity (Wildman–Crippen MR) is 125 cm³/mol. The van der Waals surface area contributed by atoms with Gasteiger partial charge in [0.05, 0.1) is 12.5 Å². The molecule has 2 aromatic carbocycles. The molecule has 4 rings (SSSR count). The zero-order valence-electron chi connectivity index (χ0n) is 19.4. The Balaban J connectivity index is 1.39. The summed E-state index contributed by atoms with van der Waals surface area (Å²) in [7, 11) is 1.46. The minimum atomic E-state index is -0.913. The van der Waals surface area contributed by atoms with E-state index in [1.807, 2.05) is 43.3 Å². The molecule has 0 saturated carbocycles. The number of hydrogen-bond acceptors (Lipinski definition) is 5. The fraction of sp³-hybridized carbons (Fsp3) is 0.423. The van der Waals surface area contributed by atoms with Gasteiger partial charge in [-0.25, -0.2) is 4.79 Å². The summed E-state index contributed by atoms with van der Waals surface area (Å²) in [4.78, 5) is 38.7. The van der Waals surface area contributed by atoms with Crippen molar-refractivity contribution in [2.24, 2.45) is 5.92 Å². The maximum absolute atomic E-state index is 13.1. The summed E-state index contributed by atoms with van der Waals surface area (Å²) < 4.78 is 10.7. The van der Waals surface area contributed by atoms with Crippen LogP contribution in [0.1, 0.15) is 36.8 Å². The monoisotopic (exact) mass is 466 g/mol. The number of carboxylic acids is 1. The van der Waals surface area contributed by atoms with E-state index in [9.17, 15) is 19.5 Å². The molecule has 8 heteroatoms. The second kappa shape index (κ2) is 10.3. The SMILES string of the molecule is COC[C@H](NC(=O)OCC1c2ccccc2-c2ccccc21)C(=O)N1CCC(C(=O)O)CC1C. The van der Waals surface area contributed by atoms with Gasteiger partial charge in [-0.1, -0.05) is 48.5 Å². The summed E-state index contributed by atoms with van der Waals surface area (Å²) in [6, 6.07) is 15.0. The summed E-state index contributed by atoms with van der Waals surface area (Å²) in [5.74, 6) is -1.68. The average Bonchev–Trinajstić information content (AvgIpc) is 3.15. The Morgan fingerprint density at radius 2 is 1.71 bits per heavy atom. The van der Waals surface area contributed by atoms with Crippen molar-refractivity contribution < 1.29 is 29.0 Å². The van der Waals surface area contributed by atoms with Crippen LogP contribution in [0.2, 0.25) is 0 Å². The van der Waals surface area contributed by atoms with Crippen LogP contribution < -0.4 is 5.32 Å². The maximum atomic E-state index is 13.1. The maximum Gasteiger partial charge on any atom is 0.407 e. The molecule has 3 atom stereocenters. The molecule has 2 amide bonds. The number of rotatable bonds is 7. The quantitative estimate of drug-likeness (QED) is 0.649. The number of carboxylic acid groups (broad SMARTS) is 1. The summed E-state index contributed by atoms with van der Waals surface area (Å²) in [5.41, 5.74) is 4.49. The number of nitrogens with zero attached hydrogens (tertiary/aromatic N) is 1. The molecule has 0 radical (unpaired) electrons. The first kappa shape index (κ1) is 23.8. The third kappa shape index (κ3) is 4.77. The number of ether oxygens (including phenoxy) is 2. The summed E-state index contributed by atoms with van der Waals surface area (Å²) >= 11 is 0. The Morgan fingerprint density at radius 1 is 1.09 bits per heavy atom. The fourth-order valence-corrected chi connectivity index (χ4v) is 5.05. The van der Waals surface area contributed by atoms with E-state index >= 15 is 0 Å². The Labute approximate surface area is 198 Å². The Morgan fingerprint density at radius 3 is 2.26 bits per heavy atom. The van der Waals surface area contributed by atoms with Gasteiger partial charge in [0.15, 0.2) is 0 Å². The van der Waals surface area contributed by atoms with Crippen LogP contribution in [0, 0.1) is 5.92 Å². The highest BCUT2D eigenvalue weighted by Crippen LogP contribution is 2.44. The highest BCUT2D eigenvalue weighted by Gasteiger charge is 2.36. The average molecular weight is 467 g/mol. The van der Waals surface area contributed by atoms with Gasteiger partial charge in [0, 0.05) is 25.6 Å². The zero-order chi connectivity index (χ0) is 24.2. The van der Waals surface area contributed by atoms with Crippen LogP contribution >= 0.6 is 0 Å². The number of alkyl carbamates (subject to hydrolysis) is 1. The molecule has 1 aliphatic carbocycles. The van der Waals surface area contributed by atoms with E-state index in [0.29, 0.717) is 19.4 Å². The molecule has 1 aliphatic heterocycles. The highest BCUT2D eigenvalue weighted by molar-refractivity contribution is 5.86. The van der Waals surface area contributed by atoms with Gasteiger partial charge in [-0.3, -0.25) is 9.59 Å². The Kier molecular flexibility index (Phi) is 7.17. The van der Waals surface area contributed by atoms with Gasteiger partial charge in [-0.05, 0) is 42.0 Å². The van der Waals surface area contributed by atoms with Gasteiger partial charge in [0.2, 0.25) is 5.91 Å². The molecule has 2 N–H and O–H groups in total. The lowest BCUT2D eigenvalue weighted by atomic mass is 9.91. The molecule has 34 heavy (non-hydrogen) atoms. The number of fused-ring (bicyclic) bond motifs is 3. The summed E-state index contributed by atoms with van der Waals surface area (Å²) in [6.07, 6.45) is 0.0762. The van der Waals surface area contributed by atoms with E-state index in [1.54, 1.807) is 4.90 Å². The largest absolute Gasteiger partial charge is 0.481 e. The van der Waals surface area contributed by atoms with E-state index in [4.69, 9.17) is 9.47 Å². The van der Waals surface area contributed by atoms with Gasteiger partial charge in [0.25, 0.3) is 0 Å². The molecule has 0 bridgehead atoms. The van der Waals surface area contributed by atoms with E-state index in [1.165, 1.54) is 7.11 Å². The van der Waals surface area contributed by atoms with Gasteiger partial charge in [-0.15, -0.1) is 0 Å². The molecule has 0 aromatic heterocycles. The number of likely N-dealkylation sites (tertiary alicyclic amines) is 1. The van der Waals surface area contributed by atoms with Crippen molar-refractivity contribution in [1.82, 2.24) is 10.2 Å². The fourth-order valence-electron chi connectivity index (χ4n) is 5.05. The normalized spacial score (nSPS) is 20.2. The summed E-state index contributed by atoms with van der Waals surface area (Å²) in [6.45, 7) is 2.29. The zero-order valence-corrected chi connectivity index (χ0v) is 19.4. The van der Waals surface area contributed by atoms with Crippen LogP contribution in [0.4, 0.5) is 4.79 Å². The molecule has 2 aliphatic rings. The van der Waals surface area contributed by atoms with Gasteiger partial charge in [0.1, 0.15) is 12.6 Å².